The van der Waals surface area contributed by atoms with Crippen LogP contribution in [-0.4, -0.2) is 76.6 Å². The van der Waals surface area contributed by atoms with Gasteiger partial charge >= 0.3 is 5.97 Å². The largest absolute Gasteiger partial charge is 0.508 e. The molecule has 3 amide bonds. The summed E-state index contributed by atoms with van der Waals surface area (Å²) >= 11 is 0. The number of rotatable bonds is 26. The average molecular weight is 783 g/mol. The van der Waals surface area contributed by atoms with Crippen LogP contribution in [0.15, 0.2) is 91.4 Å². The number of phenolic OH excluding ortho intramolecular Hbond substituents is 1. The van der Waals surface area contributed by atoms with Crippen LogP contribution >= 0.6 is 0 Å². The third kappa shape index (κ3) is 16.1. The van der Waals surface area contributed by atoms with Gasteiger partial charge in [-0.15, -0.1) is 0 Å². The van der Waals surface area contributed by atoms with Crippen molar-refractivity contribution in [3.63, 3.8) is 0 Å². The predicted molar refractivity (Wildman–Crippen MR) is 219 cm³/mol. The van der Waals surface area contributed by atoms with Gasteiger partial charge in [-0.05, 0) is 53.9 Å². The second kappa shape index (κ2) is 24.7. The zero-order valence-electron chi connectivity index (χ0n) is 32.9. The van der Waals surface area contributed by atoms with Gasteiger partial charge in [0.1, 0.15) is 36.2 Å². The molecule has 0 fully saturated rings. The van der Waals surface area contributed by atoms with Crippen LogP contribution in [0.25, 0.3) is 0 Å². The smallest absolute Gasteiger partial charge is 0.329 e. The lowest BCUT2D eigenvalue weighted by molar-refractivity contribution is -0.147. The van der Waals surface area contributed by atoms with Gasteiger partial charge < -0.3 is 41.2 Å². The molecule has 0 spiro atoms. The minimum atomic E-state index is -1.19. The van der Waals surface area contributed by atoms with Gasteiger partial charge in [-0.3, -0.25) is 14.4 Å². The number of phenols is 1. The maximum atomic E-state index is 14.1. The van der Waals surface area contributed by atoms with E-state index >= 15 is 0 Å². The number of nitrogens with two attached hydrogens (primary N) is 1. The quantitative estimate of drug-likeness (QED) is 0.0361. The molecular formula is C44H58N6O7. The number of hydrogen-bond donors (Lipinski definition) is 6. The number of benzene rings is 3. The van der Waals surface area contributed by atoms with Crippen LogP contribution < -0.4 is 26.4 Å². The van der Waals surface area contributed by atoms with Gasteiger partial charge in [0.15, 0.2) is 0 Å². The fourth-order valence-electron chi connectivity index (χ4n) is 6.30. The number of aromatic nitrogens is 2. The van der Waals surface area contributed by atoms with Crippen molar-refractivity contribution in [2.45, 2.75) is 102 Å². The number of nitrogens with zero attached hydrogens (tertiary/aromatic N) is 1. The Bertz CT molecular complexity index is 1770. The fourth-order valence-corrected chi connectivity index (χ4v) is 6.30. The topological polar surface area (TPSA) is 198 Å². The van der Waals surface area contributed by atoms with Gasteiger partial charge in [-0.25, -0.2) is 9.78 Å². The molecule has 13 heteroatoms. The fraction of sp³-hybridized carbons (Fsp3) is 0.432. The minimum absolute atomic E-state index is 0.0129. The highest BCUT2D eigenvalue weighted by Gasteiger charge is 2.31. The van der Waals surface area contributed by atoms with E-state index in [0.717, 1.165) is 18.4 Å². The van der Waals surface area contributed by atoms with Crippen LogP contribution in [0.1, 0.15) is 91.9 Å². The second-order valence-electron chi connectivity index (χ2n) is 14.1. The molecule has 0 saturated heterocycles. The maximum absolute atomic E-state index is 14.1. The van der Waals surface area contributed by atoms with Crippen LogP contribution in [0, 0.1) is 0 Å². The molecule has 0 unspecified atom stereocenters. The first kappa shape index (κ1) is 44.0. The number of unbranched alkanes of at least 4 members (excludes halogenated alkanes) is 8. The summed E-state index contributed by atoms with van der Waals surface area (Å²) in [6.45, 7) is 2.90. The first-order valence-corrected chi connectivity index (χ1v) is 20.1. The molecule has 0 aliphatic carbocycles. The molecule has 4 aromatic rings. The molecule has 306 valence electrons. The summed E-state index contributed by atoms with van der Waals surface area (Å²) < 4.78 is 11.2. The lowest BCUT2D eigenvalue weighted by atomic mass is 10.0. The lowest BCUT2D eigenvalue weighted by Crippen LogP contribution is -2.57. The summed E-state index contributed by atoms with van der Waals surface area (Å²) in [5, 5.41) is 18.3. The van der Waals surface area contributed by atoms with Crippen molar-refractivity contribution in [3.8, 4) is 11.5 Å². The molecule has 0 aliphatic heterocycles. The number of H-pyrrole nitrogens is 1. The van der Waals surface area contributed by atoms with Crippen LogP contribution in [0.4, 0.5) is 0 Å². The predicted octanol–water partition coefficient (Wildman–Crippen LogP) is 5.32. The molecule has 3 aromatic carbocycles. The standard InChI is InChI=1S/C44H58N6O7/c1-2-3-4-5-6-7-8-9-13-25-56-37-22-18-34(19-23-37)41(52)48-39(29-35-30-46-31-47-35)43(54)49-38(27-33-16-20-36(51)21-17-33)42(53)50-40(44(55)57-26-24-45)28-32-14-11-10-12-15-32/h10-12,14-23,30-31,38-40,51H,2-9,13,24-29,45H2,1H3,(H,46,47)(H,48,52)(H,49,54)(H,50,53)/t38-,39-,40-/m0/s1. The van der Waals surface area contributed by atoms with Crippen molar-refractivity contribution in [1.29, 1.82) is 0 Å². The van der Waals surface area contributed by atoms with Crippen LogP contribution in [-0.2, 0) is 38.4 Å². The summed E-state index contributed by atoms with van der Waals surface area (Å²) in [6, 6.07) is 18.7. The highest BCUT2D eigenvalue weighted by molar-refractivity contribution is 5.99. The van der Waals surface area contributed by atoms with E-state index in [-0.39, 0.29) is 38.2 Å². The molecule has 1 heterocycles. The second-order valence-corrected chi connectivity index (χ2v) is 14.1. The zero-order valence-corrected chi connectivity index (χ0v) is 32.9. The van der Waals surface area contributed by atoms with Gasteiger partial charge in [-0.1, -0.05) is 101 Å². The maximum Gasteiger partial charge on any atom is 0.329 e. The first-order chi connectivity index (χ1) is 27.7. The number of esters is 1. The van der Waals surface area contributed by atoms with E-state index < -0.39 is 41.8 Å². The van der Waals surface area contributed by atoms with E-state index in [1.807, 2.05) is 30.3 Å². The van der Waals surface area contributed by atoms with E-state index in [1.54, 1.807) is 42.6 Å². The molecule has 1 aromatic heterocycles. The Balaban J connectivity index is 1.43. The summed E-state index contributed by atoms with van der Waals surface area (Å²) in [4.78, 5) is 61.7. The Kier molecular flexibility index (Phi) is 19.1. The summed E-state index contributed by atoms with van der Waals surface area (Å²) in [5.41, 5.74) is 7.89. The molecule has 4 rings (SSSR count). The monoisotopic (exact) mass is 782 g/mol. The van der Waals surface area contributed by atoms with E-state index in [2.05, 4.69) is 32.8 Å². The van der Waals surface area contributed by atoms with Crippen molar-refractivity contribution in [2.75, 3.05) is 19.8 Å². The molecule has 0 bridgehead atoms. The van der Waals surface area contributed by atoms with Crippen molar-refractivity contribution < 1.29 is 33.8 Å². The van der Waals surface area contributed by atoms with Crippen LogP contribution in [0.5, 0.6) is 11.5 Å². The van der Waals surface area contributed by atoms with E-state index in [4.69, 9.17) is 15.2 Å². The Morgan fingerprint density at radius 3 is 1.93 bits per heavy atom. The summed E-state index contributed by atoms with van der Waals surface area (Å²) in [5.74, 6) is -1.76. The minimum Gasteiger partial charge on any atom is -0.508 e. The van der Waals surface area contributed by atoms with Crippen molar-refractivity contribution >= 4 is 23.7 Å². The van der Waals surface area contributed by atoms with E-state index in [0.29, 0.717) is 29.2 Å². The SMILES string of the molecule is CCCCCCCCCCCOc1ccc(C(=O)N[C@@H](Cc2cnc[nH]2)C(=O)N[C@@H](Cc2ccc(O)cc2)C(=O)N[C@@H](Cc2ccccc2)C(=O)OCCN)cc1. The number of nitrogens with one attached hydrogen (secondary N) is 4. The van der Waals surface area contributed by atoms with Gasteiger partial charge in [0.2, 0.25) is 11.8 Å². The third-order valence-electron chi connectivity index (χ3n) is 9.49. The van der Waals surface area contributed by atoms with Crippen molar-refractivity contribution in [1.82, 2.24) is 25.9 Å². The van der Waals surface area contributed by atoms with Gasteiger partial charge in [0.25, 0.3) is 5.91 Å². The highest BCUT2D eigenvalue weighted by Crippen LogP contribution is 2.16. The number of aromatic amines is 1. The molecule has 57 heavy (non-hydrogen) atoms. The average Bonchev–Trinajstić information content (AvgIpc) is 3.74. The van der Waals surface area contributed by atoms with Gasteiger partial charge in [-0.2, -0.15) is 0 Å². The van der Waals surface area contributed by atoms with Crippen LogP contribution in [0.3, 0.4) is 0 Å². The molecule has 0 saturated carbocycles. The number of ether oxygens (including phenoxy) is 2. The molecule has 0 aliphatic rings. The number of aromatic hydroxyl groups is 1. The van der Waals surface area contributed by atoms with Gasteiger partial charge in [0, 0.05) is 43.3 Å². The normalized spacial score (nSPS) is 12.5. The number of imidazole rings is 1. The number of carbonyl (C=O) groups excluding carboxylic acids is 4. The Morgan fingerprint density at radius 2 is 1.30 bits per heavy atom. The van der Waals surface area contributed by atoms with E-state index in [9.17, 15) is 24.3 Å². The lowest BCUT2D eigenvalue weighted by Gasteiger charge is -2.25. The van der Waals surface area contributed by atoms with E-state index in [1.165, 1.54) is 63.4 Å². The van der Waals surface area contributed by atoms with Gasteiger partial charge in [0.05, 0.1) is 12.9 Å². The zero-order chi connectivity index (χ0) is 40.7. The molecule has 0 radical (unpaired) electrons. The Hall–Kier alpha value is -5.69. The van der Waals surface area contributed by atoms with Crippen molar-refractivity contribution in [3.05, 3.63) is 114 Å². The van der Waals surface area contributed by atoms with Crippen LogP contribution in [0.2, 0.25) is 0 Å². The summed E-state index contributed by atoms with van der Waals surface area (Å²) in [7, 11) is 0. The molecular weight excluding hydrogens is 725 g/mol. The Morgan fingerprint density at radius 1 is 0.702 bits per heavy atom. The highest BCUT2D eigenvalue weighted by atomic mass is 16.5. The van der Waals surface area contributed by atoms with Crippen molar-refractivity contribution in [2.24, 2.45) is 5.73 Å². The molecule has 13 nitrogen and oxygen atoms in total. The molecule has 3 atom stereocenters. The third-order valence-corrected chi connectivity index (χ3v) is 9.49. The number of amides is 3. The molecule has 7 N–H and O–H groups in total. The summed E-state index contributed by atoms with van der Waals surface area (Å²) in [6.07, 6.45) is 14.2. The number of carbonyl (C=O) groups is 4. The Labute approximate surface area is 335 Å². The first-order valence-electron chi connectivity index (χ1n) is 20.1. The number of hydrogen-bond acceptors (Lipinski definition) is 9.